The van der Waals surface area contributed by atoms with Crippen LogP contribution in [0.3, 0.4) is 0 Å². The standard InChI is InChI=1S/C26H28FN3OSi/c1-32(2,3)15-14-31-18-25-21-16-22(27)24(17-23(21)29-30-25)28-26(19-10-6-4-7-11-19)20-12-8-5-9-13-20/h4-13,16H,14-15,17-18H2,1-3H3. The lowest BCUT2D eigenvalue weighted by molar-refractivity contribution is 0.186. The lowest BCUT2D eigenvalue weighted by Crippen LogP contribution is -2.23. The molecule has 0 saturated heterocycles. The van der Waals surface area contributed by atoms with Gasteiger partial charge in [-0.1, -0.05) is 80.3 Å². The molecule has 1 heterocycles. The van der Waals surface area contributed by atoms with E-state index in [1.165, 1.54) is 6.08 Å². The predicted molar refractivity (Wildman–Crippen MR) is 133 cm³/mol. The minimum Gasteiger partial charge on any atom is -0.375 e. The summed E-state index contributed by atoms with van der Waals surface area (Å²) in [5.41, 5.74) is 5.16. The number of halogens is 1. The third kappa shape index (κ3) is 5.44. The fourth-order valence-corrected chi connectivity index (χ4v) is 4.27. The highest BCUT2D eigenvalue weighted by Gasteiger charge is 2.27. The molecule has 2 aromatic rings. The van der Waals surface area contributed by atoms with Crippen LogP contribution in [0, 0.1) is 0 Å². The Kier molecular flexibility index (Phi) is 6.72. The molecule has 4 rings (SSSR count). The Bertz CT molecular complexity index is 1090. The number of hydrogen-bond acceptors (Lipinski definition) is 4. The minimum absolute atomic E-state index is 0.308. The SMILES string of the molecule is C[Si](C)(C)CCOCC1=NN=C2CC(N=C(c3ccccc3)c3ccccc3)=C(F)C=C12. The fraction of sp³-hybridized carbons (Fsp3) is 0.269. The van der Waals surface area contributed by atoms with Crippen molar-refractivity contribution in [2.24, 2.45) is 15.2 Å². The molecular formula is C26H28FN3OSi. The summed E-state index contributed by atoms with van der Waals surface area (Å²) in [6.07, 6.45) is 1.81. The normalized spacial score (nSPS) is 15.7. The van der Waals surface area contributed by atoms with Crippen LogP contribution in [0.4, 0.5) is 4.39 Å². The molecule has 1 aliphatic heterocycles. The maximum Gasteiger partial charge on any atom is 0.145 e. The number of hydrogen-bond donors (Lipinski definition) is 0. The highest BCUT2D eigenvalue weighted by atomic mass is 28.3. The zero-order valence-corrected chi connectivity index (χ0v) is 19.8. The average molecular weight is 446 g/mol. The molecule has 0 amide bonds. The van der Waals surface area contributed by atoms with E-state index >= 15 is 4.39 Å². The van der Waals surface area contributed by atoms with Crippen molar-refractivity contribution in [3.63, 3.8) is 0 Å². The number of benzene rings is 2. The Morgan fingerprint density at radius 1 is 0.969 bits per heavy atom. The summed E-state index contributed by atoms with van der Waals surface area (Å²) in [6, 6.07) is 20.8. The molecule has 2 aliphatic rings. The van der Waals surface area contributed by atoms with Gasteiger partial charge in [0.2, 0.25) is 0 Å². The van der Waals surface area contributed by atoms with E-state index < -0.39 is 8.07 Å². The quantitative estimate of drug-likeness (QED) is 0.271. The number of nitrogens with zero attached hydrogens (tertiary/aromatic N) is 3. The summed E-state index contributed by atoms with van der Waals surface area (Å²) in [7, 11) is -1.15. The monoisotopic (exact) mass is 445 g/mol. The predicted octanol–water partition coefficient (Wildman–Crippen LogP) is 6.20. The number of allylic oxidation sites excluding steroid dienone is 3. The topological polar surface area (TPSA) is 46.3 Å². The third-order valence-corrected chi connectivity index (χ3v) is 7.08. The molecule has 0 aromatic heterocycles. The molecule has 4 nitrogen and oxygen atoms in total. The average Bonchev–Trinajstić information content (AvgIpc) is 3.17. The van der Waals surface area contributed by atoms with Crippen molar-refractivity contribution < 1.29 is 9.13 Å². The van der Waals surface area contributed by atoms with Gasteiger partial charge in [0, 0.05) is 37.8 Å². The van der Waals surface area contributed by atoms with Crippen molar-refractivity contribution >= 4 is 25.2 Å². The number of rotatable bonds is 8. The van der Waals surface area contributed by atoms with Crippen LogP contribution in [-0.2, 0) is 4.74 Å². The second-order valence-electron chi connectivity index (χ2n) is 9.18. The Morgan fingerprint density at radius 2 is 1.59 bits per heavy atom. The Labute approximate surface area is 190 Å². The Morgan fingerprint density at radius 3 is 2.19 bits per heavy atom. The van der Waals surface area contributed by atoms with Crippen molar-refractivity contribution in [3.8, 4) is 0 Å². The molecule has 0 unspecified atom stereocenters. The van der Waals surface area contributed by atoms with Crippen LogP contribution in [0.5, 0.6) is 0 Å². The highest BCUT2D eigenvalue weighted by molar-refractivity contribution is 6.76. The molecule has 6 heteroatoms. The molecule has 0 bridgehead atoms. The summed E-state index contributed by atoms with van der Waals surface area (Å²) in [5.74, 6) is -0.347. The summed E-state index contributed by atoms with van der Waals surface area (Å²) in [6.45, 7) is 8.00. The van der Waals surface area contributed by atoms with Crippen LogP contribution in [0.1, 0.15) is 17.5 Å². The van der Waals surface area contributed by atoms with Crippen molar-refractivity contribution in [1.82, 2.24) is 0 Å². The molecule has 164 valence electrons. The van der Waals surface area contributed by atoms with Gasteiger partial charge in [0.05, 0.1) is 29.4 Å². The second-order valence-corrected chi connectivity index (χ2v) is 14.8. The first kappa shape index (κ1) is 22.2. The lowest BCUT2D eigenvalue weighted by atomic mass is 9.96. The lowest BCUT2D eigenvalue weighted by Gasteiger charge is -2.17. The van der Waals surface area contributed by atoms with E-state index in [0.29, 0.717) is 31.0 Å². The van der Waals surface area contributed by atoms with E-state index in [9.17, 15) is 0 Å². The van der Waals surface area contributed by atoms with Crippen molar-refractivity contribution in [1.29, 1.82) is 0 Å². The van der Waals surface area contributed by atoms with Gasteiger partial charge in [-0.3, -0.25) is 0 Å². The molecule has 0 spiro atoms. The molecule has 1 aliphatic carbocycles. The highest BCUT2D eigenvalue weighted by Crippen LogP contribution is 2.29. The van der Waals surface area contributed by atoms with Crippen LogP contribution in [0.25, 0.3) is 0 Å². The summed E-state index contributed by atoms with van der Waals surface area (Å²) >= 11 is 0. The third-order valence-electron chi connectivity index (χ3n) is 5.37. The second kappa shape index (κ2) is 9.67. The van der Waals surface area contributed by atoms with Crippen molar-refractivity contribution in [3.05, 3.63) is 95.0 Å². The summed E-state index contributed by atoms with van der Waals surface area (Å²) in [5, 5.41) is 8.56. The first-order valence-electron chi connectivity index (χ1n) is 10.9. The van der Waals surface area contributed by atoms with Crippen molar-refractivity contribution in [2.45, 2.75) is 32.1 Å². The van der Waals surface area contributed by atoms with E-state index in [4.69, 9.17) is 9.73 Å². The van der Waals surface area contributed by atoms with Crippen LogP contribution in [0.15, 0.2) is 99.0 Å². The zero-order chi connectivity index (χ0) is 22.6. The molecule has 0 N–H and O–H groups in total. The first-order chi connectivity index (χ1) is 15.4. The van der Waals surface area contributed by atoms with Crippen LogP contribution < -0.4 is 0 Å². The number of ether oxygens (including phenoxy) is 1. The number of aliphatic imine (C=N–C) groups is 1. The molecule has 2 aromatic carbocycles. The fourth-order valence-electron chi connectivity index (χ4n) is 3.51. The minimum atomic E-state index is -1.15. The maximum atomic E-state index is 15.1. The van der Waals surface area contributed by atoms with Gasteiger partial charge in [-0.15, -0.1) is 0 Å². The Hall–Kier alpha value is -2.96. The van der Waals surface area contributed by atoms with Gasteiger partial charge < -0.3 is 4.74 Å². The summed E-state index contributed by atoms with van der Waals surface area (Å²) < 4.78 is 21.0. The van der Waals surface area contributed by atoms with Crippen molar-refractivity contribution in [2.75, 3.05) is 13.2 Å². The van der Waals surface area contributed by atoms with E-state index in [1.807, 2.05) is 60.7 Å². The van der Waals surface area contributed by atoms with E-state index in [1.54, 1.807) is 0 Å². The largest absolute Gasteiger partial charge is 0.375 e. The van der Waals surface area contributed by atoms with Gasteiger partial charge in [0.15, 0.2) is 0 Å². The smallest absolute Gasteiger partial charge is 0.145 e. The van der Waals surface area contributed by atoms with E-state index in [-0.39, 0.29) is 5.83 Å². The van der Waals surface area contributed by atoms with Gasteiger partial charge in [-0.05, 0) is 12.1 Å². The van der Waals surface area contributed by atoms with Crippen LogP contribution in [-0.4, -0.2) is 38.4 Å². The molecule has 0 fully saturated rings. The maximum absolute atomic E-state index is 15.1. The molecule has 0 radical (unpaired) electrons. The molecular weight excluding hydrogens is 417 g/mol. The van der Waals surface area contributed by atoms with Gasteiger partial charge in [0.25, 0.3) is 0 Å². The first-order valence-corrected chi connectivity index (χ1v) is 14.6. The summed E-state index contributed by atoms with van der Waals surface area (Å²) in [4.78, 5) is 4.76. The zero-order valence-electron chi connectivity index (χ0n) is 18.8. The van der Waals surface area contributed by atoms with Gasteiger partial charge >= 0.3 is 0 Å². The molecule has 0 saturated carbocycles. The molecule has 32 heavy (non-hydrogen) atoms. The van der Waals surface area contributed by atoms with Gasteiger partial charge in [-0.2, -0.15) is 10.2 Å². The van der Waals surface area contributed by atoms with E-state index in [0.717, 1.165) is 34.2 Å². The van der Waals surface area contributed by atoms with E-state index in [2.05, 4.69) is 29.8 Å². The number of fused-ring (bicyclic) bond motifs is 1. The van der Waals surface area contributed by atoms with Gasteiger partial charge in [0.1, 0.15) is 5.83 Å². The van der Waals surface area contributed by atoms with Crippen LogP contribution >= 0.6 is 0 Å². The van der Waals surface area contributed by atoms with Crippen LogP contribution in [0.2, 0.25) is 25.7 Å². The Balaban J connectivity index is 1.57. The molecule has 0 atom stereocenters. The van der Waals surface area contributed by atoms with Gasteiger partial charge in [-0.25, -0.2) is 9.38 Å².